The molecule has 2 aliphatic heterocycles. The van der Waals surface area contributed by atoms with Crippen molar-refractivity contribution in [3.05, 3.63) is 23.8 Å². The van der Waals surface area contributed by atoms with Crippen LogP contribution in [0.3, 0.4) is 0 Å². The van der Waals surface area contributed by atoms with Crippen LogP contribution >= 0.6 is 0 Å². The van der Waals surface area contributed by atoms with Crippen molar-refractivity contribution in [1.29, 1.82) is 0 Å². The number of aliphatic hydroxyl groups is 1. The largest absolute Gasteiger partial charge is 0.460 e. The highest BCUT2D eigenvalue weighted by Crippen LogP contribution is 2.26. The molecule has 2 saturated heterocycles. The lowest BCUT2D eigenvalue weighted by Gasteiger charge is -2.25. The maximum Gasteiger partial charge on any atom is 0.342 e. The zero-order valence-corrected chi connectivity index (χ0v) is 11.3. The van der Waals surface area contributed by atoms with Gasteiger partial charge in [0.2, 0.25) is 0 Å². The summed E-state index contributed by atoms with van der Waals surface area (Å²) in [7, 11) is 0. The standard InChI is InChI=1S/C14H16O7/c15-12(20-7-10-5-18-10)9-2-1-3-14(17,4-9)13(16)21-8-11-6-19-11/h1-3,10-11,17H,4-8H2. The molecular formula is C14H16O7. The van der Waals surface area contributed by atoms with E-state index in [9.17, 15) is 14.7 Å². The third-order valence-corrected chi connectivity index (χ3v) is 3.35. The highest BCUT2D eigenvalue weighted by atomic mass is 16.6. The lowest BCUT2D eigenvalue weighted by molar-refractivity contribution is -0.161. The van der Waals surface area contributed by atoms with Crippen molar-refractivity contribution < 1.29 is 33.6 Å². The average molecular weight is 296 g/mol. The number of hydrogen-bond donors (Lipinski definition) is 1. The van der Waals surface area contributed by atoms with Gasteiger partial charge in [-0.1, -0.05) is 12.2 Å². The Hall–Kier alpha value is -1.70. The minimum Gasteiger partial charge on any atom is -0.460 e. The Morgan fingerprint density at radius 2 is 1.86 bits per heavy atom. The van der Waals surface area contributed by atoms with Crippen LogP contribution < -0.4 is 0 Å². The van der Waals surface area contributed by atoms with Gasteiger partial charge in [-0.25, -0.2) is 9.59 Å². The molecule has 0 radical (unpaired) electrons. The molecule has 0 amide bonds. The van der Waals surface area contributed by atoms with Crippen LogP contribution in [0.5, 0.6) is 0 Å². The summed E-state index contributed by atoms with van der Waals surface area (Å²) in [5.41, 5.74) is -1.62. The molecule has 1 N–H and O–H groups in total. The van der Waals surface area contributed by atoms with Crippen LogP contribution in [0.15, 0.2) is 23.8 Å². The molecule has 0 bridgehead atoms. The van der Waals surface area contributed by atoms with Crippen LogP contribution in [-0.4, -0.2) is 61.3 Å². The second kappa shape index (κ2) is 5.59. The van der Waals surface area contributed by atoms with E-state index in [1.807, 2.05) is 0 Å². The van der Waals surface area contributed by atoms with E-state index in [-0.39, 0.29) is 37.4 Å². The molecule has 3 atom stereocenters. The quantitative estimate of drug-likeness (QED) is 0.520. The minimum absolute atomic E-state index is 0.0314. The SMILES string of the molecule is O=C(OCC1CO1)C1=CC=CC(O)(C(=O)OCC2CO2)C1. The fourth-order valence-corrected chi connectivity index (χ4v) is 1.90. The third-order valence-electron chi connectivity index (χ3n) is 3.35. The molecule has 114 valence electrons. The number of carbonyl (C=O) groups excluding carboxylic acids is 2. The zero-order chi connectivity index (χ0) is 14.9. The number of epoxide rings is 2. The number of ether oxygens (including phenoxy) is 4. The summed E-state index contributed by atoms with van der Waals surface area (Å²) in [6.07, 6.45) is 3.99. The van der Waals surface area contributed by atoms with Crippen LogP contribution in [-0.2, 0) is 28.5 Å². The van der Waals surface area contributed by atoms with Gasteiger partial charge in [-0.15, -0.1) is 0 Å². The summed E-state index contributed by atoms with van der Waals surface area (Å²) < 4.78 is 19.9. The predicted molar refractivity (Wildman–Crippen MR) is 68.2 cm³/mol. The first-order valence-electron chi connectivity index (χ1n) is 6.75. The molecule has 1 aliphatic carbocycles. The molecule has 3 unspecified atom stereocenters. The van der Waals surface area contributed by atoms with Gasteiger partial charge in [0.25, 0.3) is 0 Å². The smallest absolute Gasteiger partial charge is 0.342 e. The van der Waals surface area contributed by atoms with Crippen molar-refractivity contribution >= 4 is 11.9 Å². The van der Waals surface area contributed by atoms with Gasteiger partial charge in [0.15, 0.2) is 5.60 Å². The molecule has 2 fully saturated rings. The topological polar surface area (TPSA) is 97.9 Å². The van der Waals surface area contributed by atoms with E-state index in [0.717, 1.165) is 0 Å². The van der Waals surface area contributed by atoms with Crippen molar-refractivity contribution in [2.75, 3.05) is 26.4 Å². The summed E-state index contributed by atoms with van der Waals surface area (Å²) in [4.78, 5) is 23.8. The third kappa shape index (κ3) is 3.69. The summed E-state index contributed by atoms with van der Waals surface area (Å²) in [5, 5.41) is 10.3. The Morgan fingerprint density at radius 1 is 1.24 bits per heavy atom. The van der Waals surface area contributed by atoms with Gasteiger partial charge in [0.05, 0.1) is 13.2 Å². The molecule has 0 saturated carbocycles. The summed E-state index contributed by atoms with van der Waals surface area (Å²) in [5.74, 6) is -1.36. The van der Waals surface area contributed by atoms with E-state index in [2.05, 4.69) is 0 Å². The van der Waals surface area contributed by atoms with Gasteiger partial charge >= 0.3 is 11.9 Å². The van der Waals surface area contributed by atoms with Crippen LogP contribution in [0, 0.1) is 0 Å². The van der Waals surface area contributed by atoms with Crippen LogP contribution in [0.4, 0.5) is 0 Å². The fraction of sp³-hybridized carbons (Fsp3) is 0.571. The first kappa shape index (κ1) is 14.2. The maximum absolute atomic E-state index is 11.9. The molecule has 7 nitrogen and oxygen atoms in total. The fourth-order valence-electron chi connectivity index (χ4n) is 1.90. The zero-order valence-electron chi connectivity index (χ0n) is 11.3. The first-order chi connectivity index (χ1) is 10.1. The molecule has 3 rings (SSSR count). The molecule has 0 aromatic rings. The number of carbonyl (C=O) groups is 2. The first-order valence-corrected chi connectivity index (χ1v) is 6.75. The van der Waals surface area contributed by atoms with Crippen LogP contribution in [0.25, 0.3) is 0 Å². The van der Waals surface area contributed by atoms with E-state index in [4.69, 9.17) is 18.9 Å². The van der Waals surface area contributed by atoms with E-state index in [1.54, 1.807) is 0 Å². The van der Waals surface area contributed by atoms with Crippen molar-refractivity contribution in [2.24, 2.45) is 0 Å². The van der Waals surface area contributed by atoms with E-state index in [1.165, 1.54) is 18.2 Å². The van der Waals surface area contributed by atoms with E-state index >= 15 is 0 Å². The Kier molecular flexibility index (Phi) is 3.79. The van der Waals surface area contributed by atoms with Crippen molar-refractivity contribution in [3.8, 4) is 0 Å². The molecule has 7 heteroatoms. The molecule has 21 heavy (non-hydrogen) atoms. The van der Waals surface area contributed by atoms with Crippen molar-refractivity contribution in [3.63, 3.8) is 0 Å². The Labute approximate surface area is 121 Å². The van der Waals surface area contributed by atoms with Crippen molar-refractivity contribution in [1.82, 2.24) is 0 Å². The van der Waals surface area contributed by atoms with Gasteiger partial charge in [0, 0.05) is 12.0 Å². The number of allylic oxidation sites excluding steroid dienone is 2. The van der Waals surface area contributed by atoms with Gasteiger partial charge in [0.1, 0.15) is 25.4 Å². The van der Waals surface area contributed by atoms with Gasteiger partial charge in [-0.05, 0) is 6.08 Å². The highest BCUT2D eigenvalue weighted by Gasteiger charge is 2.40. The normalized spacial score (nSPS) is 33.1. The second-order valence-electron chi connectivity index (χ2n) is 5.26. The summed E-state index contributed by atoms with van der Waals surface area (Å²) in [6, 6.07) is 0. The molecule has 0 aromatic heterocycles. The van der Waals surface area contributed by atoms with E-state index < -0.39 is 17.5 Å². The number of hydrogen-bond acceptors (Lipinski definition) is 7. The van der Waals surface area contributed by atoms with Gasteiger partial charge in [-0.2, -0.15) is 0 Å². The average Bonchev–Trinajstić information content (AvgIpc) is 3.36. The molecule has 3 aliphatic rings. The molecule has 2 heterocycles. The number of rotatable bonds is 6. The van der Waals surface area contributed by atoms with Gasteiger partial charge < -0.3 is 24.1 Å². The Balaban J connectivity index is 1.54. The molecule has 0 aromatic carbocycles. The Morgan fingerprint density at radius 3 is 2.48 bits per heavy atom. The number of esters is 2. The Bertz CT molecular complexity index is 501. The van der Waals surface area contributed by atoms with Crippen LogP contribution in [0.2, 0.25) is 0 Å². The maximum atomic E-state index is 11.9. The highest BCUT2D eigenvalue weighted by molar-refractivity contribution is 5.92. The molecule has 0 spiro atoms. The summed E-state index contributed by atoms with van der Waals surface area (Å²) >= 11 is 0. The van der Waals surface area contributed by atoms with Crippen molar-refractivity contribution in [2.45, 2.75) is 24.2 Å². The monoisotopic (exact) mass is 296 g/mol. The summed E-state index contributed by atoms with van der Waals surface area (Å²) in [6.45, 7) is 1.44. The lowest BCUT2D eigenvalue weighted by atomic mass is 9.90. The minimum atomic E-state index is -1.84. The predicted octanol–water partition coefficient (Wildman–Crippen LogP) is -0.512. The lowest BCUT2D eigenvalue weighted by Crippen LogP contribution is -2.41. The molecular weight excluding hydrogens is 280 g/mol. The van der Waals surface area contributed by atoms with E-state index in [0.29, 0.717) is 13.2 Å². The van der Waals surface area contributed by atoms with Gasteiger partial charge in [-0.3, -0.25) is 0 Å². The second-order valence-corrected chi connectivity index (χ2v) is 5.26. The van der Waals surface area contributed by atoms with Crippen LogP contribution in [0.1, 0.15) is 6.42 Å².